The summed E-state index contributed by atoms with van der Waals surface area (Å²) in [4.78, 5) is 0. The molecule has 0 radical (unpaired) electrons. The van der Waals surface area contributed by atoms with Gasteiger partial charge in [0.25, 0.3) is 10.1 Å². The lowest BCUT2D eigenvalue weighted by Gasteiger charge is -2.50. The smallest absolute Gasteiger partial charge is 0.274 e. The number of fused-ring (bicyclic) bond motifs is 5. The summed E-state index contributed by atoms with van der Waals surface area (Å²) in [5.41, 5.74) is 3.34. The van der Waals surface area contributed by atoms with Gasteiger partial charge in [-0.1, -0.05) is 25.1 Å². The lowest BCUT2D eigenvalue weighted by Crippen LogP contribution is -2.44. The van der Waals surface area contributed by atoms with E-state index in [2.05, 4.69) is 13.0 Å². The number of hydrogen-bond acceptors (Lipinski definition) is 3. The van der Waals surface area contributed by atoms with Crippen molar-refractivity contribution < 1.29 is 18.1 Å². The van der Waals surface area contributed by atoms with E-state index in [1.165, 1.54) is 11.1 Å². The summed E-state index contributed by atoms with van der Waals surface area (Å²) in [7, 11) is -4.16. The van der Waals surface area contributed by atoms with Crippen LogP contribution in [0.2, 0.25) is 0 Å². The highest BCUT2D eigenvalue weighted by Gasteiger charge is 2.54. The number of hydrogen-bond donors (Lipinski definition) is 2. The Balaban J connectivity index is 1.68. The van der Waals surface area contributed by atoms with E-state index in [0.29, 0.717) is 23.3 Å². The van der Waals surface area contributed by atoms with Crippen LogP contribution in [-0.4, -0.2) is 24.2 Å². The van der Waals surface area contributed by atoms with Crippen LogP contribution in [-0.2, 0) is 21.3 Å². The molecule has 0 unspecified atom stereocenters. The molecule has 0 heterocycles. The van der Waals surface area contributed by atoms with E-state index in [4.69, 9.17) is 0 Å². The molecule has 1 aromatic carbocycles. The third-order valence-electron chi connectivity index (χ3n) is 8.02. The van der Waals surface area contributed by atoms with Crippen molar-refractivity contribution in [1.82, 2.24) is 0 Å². The first kappa shape index (κ1) is 18.5. The molecule has 26 heavy (non-hydrogen) atoms. The molecule has 4 rings (SSSR count). The first-order chi connectivity index (χ1) is 12.1. The Labute approximate surface area is 156 Å². The van der Waals surface area contributed by atoms with Gasteiger partial charge in [0.05, 0.1) is 6.10 Å². The topological polar surface area (TPSA) is 74.6 Å². The minimum absolute atomic E-state index is 0.0750. The van der Waals surface area contributed by atoms with E-state index in [0.717, 1.165) is 38.5 Å². The van der Waals surface area contributed by atoms with Gasteiger partial charge in [-0.05, 0) is 92.2 Å². The molecule has 2 fully saturated rings. The number of aryl methyl sites for hydroxylation is 1. The van der Waals surface area contributed by atoms with Crippen LogP contribution in [0.4, 0.5) is 0 Å². The van der Waals surface area contributed by atoms with E-state index in [9.17, 15) is 18.1 Å². The zero-order chi connectivity index (χ0) is 18.9. The zero-order valence-electron chi connectivity index (χ0n) is 15.9. The van der Waals surface area contributed by atoms with Gasteiger partial charge in [-0.25, -0.2) is 0 Å². The standard InChI is InChI=1S/C21H30O4S/c1-20(2,26(23,24)25)14-5-7-15-13(12-14)4-6-17-16(15)10-11-21(3)18(17)8-9-19(21)22/h5,7,12,16-19,22H,4,6,8-11H2,1-3H3,(H,23,24,25)/t16-,17-,18+,19+,21+/m1/s1. The summed E-state index contributed by atoms with van der Waals surface area (Å²) in [6.45, 7) is 5.39. The van der Waals surface area contributed by atoms with Gasteiger partial charge in [0.1, 0.15) is 4.75 Å². The van der Waals surface area contributed by atoms with Gasteiger partial charge in [0, 0.05) is 0 Å². The first-order valence-corrected chi connectivity index (χ1v) is 11.3. The maximum atomic E-state index is 11.8. The molecule has 0 spiro atoms. The summed E-state index contributed by atoms with van der Waals surface area (Å²) >= 11 is 0. The molecule has 3 aliphatic rings. The average molecular weight is 379 g/mol. The predicted molar refractivity (Wildman–Crippen MR) is 102 cm³/mol. The lowest BCUT2D eigenvalue weighted by atomic mass is 9.55. The molecule has 0 bridgehead atoms. The van der Waals surface area contributed by atoms with Crippen LogP contribution in [0, 0.1) is 17.3 Å². The average Bonchev–Trinajstić information content (AvgIpc) is 2.88. The van der Waals surface area contributed by atoms with Gasteiger partial charge in [-0.15, -0.1) is 0 Å². The van der Waals surface area contributed by atoms with E-state index < -0.39 is 14.9 Å². The molecule has 1 aromatic rings. The minimum atomic E-state index is -4.16. The van der Waals surface area contributed by atoms with E-state index in [-0.39, 0.29) is 11.5 Å². The third-order valence-corrected chi connectivity index (χ3v) is 9.54. The summed E-state index contributed by atoms with van der Waals surface area (Å²) in [6, 6.07) is 5.98. The molecule has 0 amide bonds. The second-order valence-electron chi connectivity index (χ2n) is 9.45. The highest BCUT2D eigenvalue weighted by molar-refractivity contribution is 7.86. The summed E-state index contributed by atoms with van der Waals surface area (Å²) in [5.74, 6) is 1.74. The number of benzene rings is 1. The highest BCUT2D eigenvalue weighted by atomic mass is 32.2. The monoisotopic (exact) mass is 378 g/mol. The third kappa shape index (κ3) is 2.50. The molecular weight excluding hydrogens is 348 g/mol. The summed E-state index contributed by atoms with van der Waals surface area (Å²) in [6.07, 6.45) is 6.13. The van der Waals surface area contributed by atoms with Crippen molar-refractivity contribution in [1.29, 1.82) is 0 Å². The van der Waals surface area contributed by atoms with E-state index >= 15 is 0 Å². The Hall–Kier alpha value is -0.910. The number of aliphatic hydroxyl groups is 1. The minimum Gasteiger partial charge on any atom is -0.393 e. The van der Waals surface area contributed by atoms with Crippen molar-refractivity contribution in [3.05, 3.63) is 34.9 Å². The van der Waals surface area contributed by atoms with Crippen molar-refractivity contribution in [2.45, 2.75) is 76.1 Å². The van der Waals surface area contributed by atoms with E-state index in [1.54, 1.807) is 13.8 Å². The molecule has 2 saturated carbocycles. The second kappa shape index (κ2) is 5.79. The highest BCUT2D eigenvalue weighted by Crippen LogP contribution is 2.60. The Bertz CT molecular complexity index is 828. The second-order valence-corrected chi connectivity index (χ2v) is 11.4. The van der Waals surface area contributed by atoms with Gasteiger partial charge in [-0.2, -0.15) is 8.42 Å². The molecule has 0 aliphatic heterocycles. The lowest BCUT2D eigenvalue weighted by molar-refractivity contribution is -0.0226. The fourth-order valence-corrected chi connectivity index (χ4v) is 6.50. The molecule has 5 atom stereocenters. The normalized spacial score (nSPS) is 37.0. The Morgan fingerprint density at radius 1 is 1.15 bits per heavy atom. The molecule has 0 aromatic heterocycles. The van der Waals surface area contributed by atoms with Gasteiger partial charge in [-0.3, -0.25) is 4.55 Å². The fraction of sp³-hybridized carbons (Fsp3) is 0.714. The molecule has 5 heteroatoms. The zero-order valence-corrected chi connectivity index (χ0v) is 16.7. The predicted octanol–water partition coefficient (Wildman–Crippen LogP) is 4.03. The summed E-state index contributed by atoms with van der Waals surface area (Å²) < 4.78 is 31.8. The van der Waals surface area contributed by atoms with Crippen molar-refractivity contribution in [3.8, 4) is 0 Å². The maximum absolute atomic E-state index is 11.8. The van der Waals surface area contributed by atoms with Crippen LogP contribution < -0.4 is 0 Å². The molecular formula is C21H30O4S. The van der Waals surface area contributed by atoms with E-state index in [1.807, 2.05) is 12.1 Å². The van der Waals surface area contributed by atoms with Crippen LogP contribution in [0.3, 0.4) is 0 Å². The number of aliphatic hydroxyl groups excluding tert-OH is 1. The van der Waals surface area contributed by atoms with Crippen LogP contribution in [0.5, 0.6) is 0 Å². The van der Waals surface area contributed by atoms with Crippen LogP contribution >= 0.6 is 0 Å². The van der Waals surface area contributed by atoms with Crippen LogP contribution in [0.15, 0.2) is 18.2 Å². The Morgan fingerprint density at radius 2 is 1.88 bits per heavy atom. The summed E-state index contributed by atoms with van der Waals surface area (Å²) in [5, 5.41) is 10.5. The molecule has 2 N–H and O–H groups in total. The largest absolute Gasteiger partial charge is 0.393 e. The van der Waals surface area contributed by atoms with Gasteiger partial charge in [0.15, 0.2) is 0 Å². The van der Waals surface area contributed by atoms with Gasteiger partial charge in [0.2, 0.25) is 0 Å². The van der Waals surface area contributed by atoms with Crippen molar-refractivity contribution in [3.63, 3.8) is 0 Å². The SMILES string of the molecule is CC(C)(c1ccc2c(c1)CC[C@@H]1[C@@H]2CC[C@]2(C)[C@@H](O)CC[C@@H]12)S(=O)(=O)O. The Kier molecular flexibility index (Phi) is 4.11. The van der Waals surface area contributed by atoms with Crippen molar-refractivity contribution in [2.75, 3.05) is 0 Å². The molecule has 0 saturated heterocycles. The van der Waals surface area contributed by atoms with Crippen molar-refractivity contribution in [2.24, 2.45) is 17.3 Å². The van der Waals surface area contributed by atoms with Gasteiger partial charge < -0.3 is 5.11 Å². The Morgan fingerprint density at radius 3 is 2.58 bits per heavy atom. The van der Waals surface area contributed by atoms with Crippen LogP contribution in [0.1, 0.15) is 75.5 Å². The van der Waals surface area contributed by atoms with Gasteiger partial charge >= 0.3 is 0 Å². The quantitative estimate of drug-likeness (QED) is 0.762. The molecule has 3 aliphatic carbocycles. The van der Waals surface area contributed by atoms with Crippen molar-refractivity contribution >= 4 is 10.1 Å². The van der Waals surface area contributed by atoms with Crippen LogP contribution in [0.25, 0.3) is 0 Å². The first-order valence-electron chi connectivity index (χ1n) is 9.84. The molecule has 144 valence electrons. The maximum Gasteiger partial charge on any atom is 0.274 e. The fourth-order valence-electron chi connectivity index (χ4n) is 6.08. The number of rotatable bonds is 2. The molecule has 4 nitrogen and oxygen atoms in total.